The molecule has 0 saturated heterocycles. The minimum absolute atomic E-state index is 0.108. The van der Waals surface area contributed by atoms with E-state index in [1.54, 1.807) is 6.07 Å². The molecule has 0 radical (unpaired) electrons. The second-order valence-electron chi connectivity index (χ2n) is 4.20. The summed E-state index contributed by atoms with van der Waals surface area (Å²) in [4.78, 5) is 10.2. The molecule has 2 aromatic carbocycles. The fourth-order valence-corrected chi connectivity index (χ4v) is 2.19. The van der Waals surface area contributed by atoms with Crippen LogP contribution in [0.15, 0.2) is 40.9 Å². The predicted molar refractivity (Wildman–Crippen MR) is 84.3 cm³/mol. The SMILES string of the molecule is N#Cc1cc([N+](=O)[O-])ccc1NCc1ccc(Br)c(Cl)c1. The maximum absolute atomic E-state index is 10.7. The van der Waals surface area contributed by atoms with Crippen LogP contribution >= 0.6 is 27.5 Å². The highest BCUT2D eigenvalue weighted by Crippen LogP contribution is 2.25. The van der Waals surface area contributed by atoms with Crippen LogP contribution in [0.4, 0.5) is 11.4 Å². The summed E-state index contributed by atoms with van der Waals surface area (Å²) < 4.78 is 0.806. The molecule has 0 bridgehead atoms. The third-order valence-electron chi connectivity index (χ3n) is 2.80. The van der Waals surface area contributed by atoms with Gasteiger partial charge in [-0.2, -0.15) is 5.26 Å². The largest absolute Gasteiger partial charge is 0.380 e. The first-order valence-electron chi connectivity index (χ1n) is 5.87. The average molecular weight is 367 g/mol. The molecular formula is C14H9BrClN3O2. The number of nitrogens with zero attached hydrogens (tertiary/aromatic N) is 2. The first kappa shape index (κ1) is 15.3. The molecule has 0 aliphatic rings. The van der Waals surface area contributed by atoms with Gasteiger partial charge in [-0.25, -0.2) is 0 Å². The van der Waals surface area contributed by atoms with Gasteiger partial charge in [0.2, 0.25) is 0 Å². The molecule has 0 aromatic heterocycles. The van der Waals surface area contributed by atoms with Crippen molar-refractivity contribution >= 4 is 38.9 Å². The number of anilines is 1. The van der Waals surface area contributed by atoms with Crippen LogP contribution in [0.2, 0.25) is 5.02 Å². The average Bonchev–Trinajstić information content (AvgIpc) is 2.48. The van der Waals surface area contributed by atoms with E-state index >= 15 is 0 Å². The highest BCUT2D eigenvalue weighted by Gasteiger charge is 2.10. The van der Waals surface area contributed by atoms with E-state index < -0.39 is 4.92 Å². The van der Waals surface area contributed by atoms with Gasteiger partial charge in [-0.1, -0.05) is 17.7 Å². The first-order chi connectivity index (χ1) is 10.0. The highest BCUT2D eigenvalue weighted by atomic mass is 79.9. The van der Waals surface area contributed by atoms with Crippen molar-refractivity contribution in [1.29, 1.82) is 5.26 Å². The summed E-state index contributed by atoms with van der Waals surface area (Å²) in [6.07, 6.45) is 0. The topological polar surface area (TPSA) is 79.0 Å². The summed E-state index contributed by atoms with van der Waals surface area (Å²) >= 11 is 9.32. The van der Waals surface area contributed by atoms with Crippen LogP contribution in [0.3, 0.4) is 0 Å². The standard InChI is InChI=1S/C14H9BrClN3O2/c15-12-3-1-9(5-13(12)16)8-18-14-4-2-11(19(20)21)6-10(14)7-17/h1-6,18H,8H2. The van der Waals surface area contributed by atoms with E-state index in [0.717, 1.165) is 10.0 Å². The number of halogens is 2. The van der Waals surface area contributed by atoms with E-state index in [4.69, 9.17) is 16.9 Å². The molecule has 0 amide bonds. The Kier molecular flexibility index (Phi) is 4.78. The summed E-state index contributed by atoms with van der Waals surface area (Å²) in [5.41, 5.74) is 1.60. The predicted octanol–water partition coefficient (Wildman–Crippen LogP) is 4.49. The van der Waals surface area contributed by atoms with E-state index in [1.165, 1.54) is 18.2 Å². The van der Waals surface area contributed by atoms with E-state index in [0.29, 0.717) is 17.3 Å². The van der Waals surface area contributed by atoms with Gasteiger partial charge in [0.25, 0.3) is 5.69 Å². The highest BCUT2D eigenvalue weighted by molar-refractivity contribution is 9.10. The van der Waals surface area contributed by atoms with Crippen molar-refractivity contribution in [2.45, 2.75) is 6.54 Å². The first-order valence-corrected chi connectivity index (χ1v) is 7.04. The van der Waals surface area contributed by atoms with Crippen LogP contribution in [-0.2, 0) is 6.54 Å². The van der Waals surface area contributed by atoms with Crippen LogP contribution in [0.25, 0.3) is 0 Å². The van der Waals surface area contributed by atoms with E-state index in [1.807, 2.05) is 18.2 Å². The van der Waals surface area contributed by atoms with Crippen molar-refractivity contribution < 1.29 is 4.92 Å². The third-order valence-corrected chi connectivity index (χ3v) is 4.03. The smallest absolute Gasteiger partial charge is 0.270 e. The number of hydrogen-bond donors (Lipinski definition) is 1. The van der Waals surface area contributed by atoms with Gasteiger partial charge in [-0.05, 0) is 39.7 Å². The van der Waals surface area contributed by atoms with Gasteiger partial charge in [0.1, 0.15) is 6.07 Å². The zero-order valence-electron chi connectivity index (χ0n) is 10.6. The van der Waals surface area contributed by atoms with E-state index in [-0.39, 0.29) is 11.3 Å². The molecule has 106 valence electrons. The Bertz CT molecular complexity index is 743. The number of nitro groups is 1. The van der Waals surface area contributed by atoms with Crippen molar-refractivity contribution in [2.75, 3.05) is 5.32 Å². The maximum atomic E-state index is 10.7. The zero-order chi connectivity index (χ0) is 15.4. The monoisotopic (exact) mass is 365 g/mol. The maximum Gasteiger partial charge on any atom is 0.270 e. The summed E-state index contributed by atoms with van der Waals surface area (Å²) in [7, 11) is 0. The lowest BCUT2D eigenvalue weighted by Crippen LogP contribution is -2.02. The van der Waals surface area contributed by atoms with Crippen LogP contribution < -0.4 is 5.32 Å². The van der Waals surface area contributed by atoms with Gasteiger partial charge in [0.15, 0.2) is 0 Å². The Balaban J connectivity index is 2.18. The lowest BCUT2D eigenvalue weighted by molar-refractivity contribution is -0.384. The van der Waals surface area contributed by atoms with Crippen LogP contribution in [0.5, 0.6) is 0 Å². The fourth-order valence-electron chi connectivity index (χ4n) is 1.74. The Morgan fingerprint density at radius 3 is 2.71 bits per heavy atom. The van der Waals surface area contributed by atoms with Gasteiger partial charge in [0, 0.05) is 23.2 Å². The quantitative estimate of drug-likeness (QED) is 0.638. The van der Waals surface area contributed by atoms with Crippen molar-refractivity contribution in [3.63, 3.8) is 0 Å². The van der Waals surface area contributed by atoms with Gasteiger partial charge < -0.3 is 5.32 Å². The number of hydrogen-bond acceptors (Lipinski definition) is 4. The molecule has 0 atom stereocenters. The Hall–Kier alpha value is -2.10. The normalized spacial score (nSPS) is 9.95. The van der Waals surface area contributed by atoms with E-state index in [9.17, 15) is 10.1 Å². The summed E-state index contributed by atoms with van der Waals surface area (Å²) in [5, 5.41) is 23.4. The van der Waals surface area contributed by atoms with Gasteiger partial charge in [-0.3, -0.25) is 10.1 Å². The second kappa shape index (κ2) is 6.57. The molecule has 0 unspecified atom stereocenters. The number of nitrogens with one attached hydrogen (secondary N) is 1. The minimum Gasteiger partial charge on any atom is -0.380 e. The molecule has 2 aromatic rings. The van der Waals surface area contributed by atoms with Gasteiger partial charge in [-0.15, -0.1) is 0 Å². The number of benzene rings is 2. The molecule has 21 heavy (non-hydrogen) atoms. The molecule has 2 rings (SSSR count). The Morgan fingerprint density at radius 2 is 2.10 bits per heavy atom. The molecule has 0 fully saturated rings. The third kappa shape index (κ3) is 3.72. The summed E-state index contributed by atoms with van der Waals surface area (Å²) in [5.74, 6) is 0. The van der Waals surface area contributed by atoms with Crippen molar-refractivity contribution in [3.8, 4) is 6.07 Å². The molecule has 0 aliphatic carbocycles. The van der Waals surface area contributed by atoms with Crippen molar-refractivity contribution in [1.82, 2.24) is 0 Å². The van der Waals surface area contributed by atoms with E-state index in [2.05, 4.69) is 21.2 Å². The van der Waals surface area contributed by atoms with Gasteiger partial charge >= 0.3 is 0 Å². The molecule has 0 saturated carbocycles. The van der Waals surface area contributed by atoms with Crippen LogP contribution in [0.1, 0.15) is 11.1 Å². The number of nitriles is 1. The molecule has 7 heteroatoms. The fraction of sp³-hybridized carbons (Fsp3) is 0.0714. The molecule has 1 N–H and O–H groups in total. The minimum atomic E-state index is -0.529. The lowest BCUT2D eigenvalue weighted by Gasteiger charge is -2.09. The van der Waals surface area contributed by atoms with Crippen LogP contribution in [-0.4, -0.2) is 4.92 Å². The Morgan fingerprint density at radius 1 is 1.33 bits per heavy atom. The summed E-state index contributed by atoms with van der Waals surface area (Å²) in [6, 6.07) is 11.6. The summed E-state index contributed by atoms with van der Waals surface area (Å²) in [6.45, 7) is 0.458. The van der Waals surface area contributed by atoms with Crippen molar-refractivity contribution in [2.24, 2.45) is 0 Å². The van der Waals surface area contributed by atoms with Crippen molar-refractivity contribution in [3.05, 3.63) is 67.1 Å². The zero-order valence-corrected chi connectivity index (χ0v) is 13.0. The number of nitro benzene ring substituents is 1. The number of non-ortho nitro benzene ring substituents is 1. The Labute approximate surface area is 134 Å². The molecule has 0 aliphatic heterocycles. The second-order valence-corrected chi connectivity index (χ2v) is 5.46. The van der Waals surface area contributed by atoms with Gasteiger partial charge in [0.05, 0.1) is 21.2 Å². The molecule has 5 nitrogen and oxygen atoms in total. The van der Waals surface area contributed by atoms with Crippen LogP contribution in [0, 0.1) is 21.4 Å². The molecular weight excluding hydrogens is 358 g/mol. The lowest BCUT2D eigenvalue weighted by atomic mass is 10.1. The number of rotatable bonds is 4. The molecule has 0 spiro atoms. The molecule has 0 heterocycles.